The normalized spacial score (nSPS) is 28.4. The summed E-state index contributed by atoms with van der Waals surface area (Å²) < 4.78 is 0. The van der Waals surface area contributed by atoms with Gasteiger partial charge in [-0.15, -0.1) is 0 Å². The van der Waals surface area contributed by atoms with Crippen molar-refractivity contribution < 1.29 is 0 Å². The smallest absolute Gasteiger partial charge is 0.0449 e. The van der Waals surface area contributed by atoms with Gasteiger partial charge >= 0.3 is 0 Å². The maximum atomic E-state index is 3.52. The molecule has 1 N–H and O–H groups in total. The Bertz CT molecular complexity index is 410. The molecule has 2 heterocycles. The van der Waals surface area contributed by atoms with Gasteiger partial charge in [-0.2, -0.15) is 0 Å². The molecular formula is C15H20N2. The molecule has 0 amide bonds. The van der Waals surface area contributed by atoms with Crippen LogP contribution in [0, 0.1) is 5.92 Å². The molecule has 0 spiro atoms. The minimum atomic E-state index is 0.646. The fourth-order valence-electron chi connectivity index (χ4n) is 3.06. The lowest BCUT2D eigenvalue weighted by Gasteiger charge is -2.35. The van der Waals surface area contributed by atoms with Gasteiger partial charge in [-0.05, 0) is 31.7 Å². The van der Waals surface area contributed by atoms with Gasteiger partial charge in [0.1, 0.15) is 0 Å². The molecule has 1 aromatic rings. The fraction of sp³-hybridized carbons (Fsp3) is 0.467. The summed E-state index contributed by atoms with van der Waals surface area (Å²) in [4.78, 5) is 2.57. The summed E-state index contributed by atoms with van der Waals surface area (Å²) in [5.41, 5.74) is 2.96. The van der Waals surface area contributed by atoms with Crippen molar-refractivity contribution in [2.24, 2.45) is 5.92 Å². The molecule has 2 atom stereocenters. The van der Waals surface area contributed by atoms with Crippen LogP contribution in [0.5, 0.6) is 0 Å². The van der Waals surface area contributed by atoms with E-state index < -0.39 is 0 Å². The number of likely N-dealkylation sites (tertiary alicyclic amines) is 1. The van der Waals surface area contributed by atoms with Gasteiger partial charge in [0.15, 0.2) is 0 Å². The highest BCUT2D eigenvalue weighted by Gasteiger charge is 2.32. The van der Waals surface area contributed by atoms with Crippen molar-refractivity contribution in [2.75, 3.05) is 13.1 Å². The quantitative estimate of drug-likeness (QED) is 0.836. The number of nitrogens with one attached hydrogen (secondary N) is 1. The zero-order valence-corrected chi connectivity index (χ0v) is 10.4. The minimum Gasteiger partial charge on any atom is -0.386 e. The molecule has 2 aliphatic heterocycles. The third-order valence-corrected chi connectivity index (χ3v) is 4.06. The molecule has 0 bridgehead atoms. The third-order valence-electron chi connectivity index (χ3n) is 4.06. The van der Waals surface area contributed by atoms with Crippen LogP contribution in [0.1, 0.15) is 18.9 Å². The van der Waals surface area contributed by atoms with Crippen molar-refractivity contribution in [2.45, 2.75) is 25.9 Å². The van der Waals surface area contributed by atoms with E-state index in [1.165, 1.54) is 30.6 Å². The predicted octanol–water partition coefficient (Wildman–Crippen LogP) is 2.38. The summed E-state index contributed by atoms with van der Waals surface area (Å²) in [6, 6.07) is 11.4. The van der Waals surface area contributed by atoms with Crippen molar-refractivity contribution in [1.82, 2.24) is 10.2 Å². The Morgan fingerprint density at radius 2 is 2.12 bits per heavy atom. The Hall–Kier alpha value is -1.28. The second-order valence-corrected chi connectivity index (χ2v) is 5.28. The molecule has 0 saturated carbocycles. The SMILES string of the molecule is CC1=CNC2CN(Cc3ccccc3)CCC12. The number of rotatable bonds is 2. The van der Waals surface area contributed by atoms with Crippen LogP contribution in [0.3, 0.4) is 0 Å². The van der Waals surface area contributed by atoms with Gasteiger partial charge in [0.25, 0.3) is 0 Å². The van der Waals surface area contributed by atoms with Crippen LogP contribution >= 0.6 is 0 Å². The van der Waals surface area contributed by atoms with Gasteiger partial charge in [-0.3, -0.25) is 4.90 Å². The topological polar surface area (TPSA) is 15.3 Å². The first-order valence-corrected chi connectivity index (χ1v) is 6.52. The van der Waals surface area contributed by atoms with Crippen molar-refractivity contribution in [3.8, 4) is 0 Å². The summed E-state index contributed by atoms with van der Waals surface area (Å²) >= 11 is 0. The maximum absolute atomic E-state index is 3.52. The van der Waals surface area contributed by atoms with Crippen LogP contribution < -0.4 is 5.32 Å². The van der Waals surface area contributed by atoms with Gasteiger partial charge in [-0.1, -0.05) is 35.9 Å². The second-order valence-electron chi connectivity index (χ2n) is 5.28. The number of hydrogen-bond donors (Lipinski definition) is 1. The molecule has 0 aliphatic carbocycles. The lowest BCUT2D eigenvalue weighted by molar-refractivity contribution is 0.166. The van der Waals surface area contributed by atoms with Gasteiger partial charge < -0.3 is 5.32 Å². The number of hydrogen-bond acceptors (Lipinski definition) is 2. The zero-order valence-electron chi connectivity index (χ0n) is 10.4. The number of benzene rings is 1. The van der Waals surface area contributed by atoms with E-state index >= 15 is 0 Å². The van der Waals surface area contributed by atoms with Crippen LogP contribution in [0.25, 0.3) is 0 Å². The summed E-state index contributed by atoms with van der Waals surface area (Å²) in [6.07, 6.45) is 3.51. The third kappa shape index (κ3) is 2.22. The lowest BCUT2D eigenvalue weighted by Crippen LogP contribution is -2.46. The monoisotopic (exact) mass is 228 g/mol. The molecular weight excluding hydrogens is 208 g/mol. The average molecular weight is 228 g/mol. The van der Waals surface area contributed by atoms with Crippen molar-refractivity contribution in [1.29, 1.82) is 0 Å². The Morgan fingerprint density at radius 3 is 2.94 bits per heavy atom. The van der Waals surface area contributed by atoms with E-state index in [-0.39, 0.29) is 0 Å². The molecule has 2 unspecified atom stereocenters. The standard InChI is InChI=1S/C15H20N2/c1-12-9-16-15-11-17(8-7-14(12)15)10-13-5-3-2-4-6-13/h2-6,9,14-16H,7-8,10-11H2,1H3. The van der Waals surface area contributed by atoms with Gasteiger partial charge in [0.2, 0.25) is 0 Å². The Morgan fingerprint density at radius 1 is 1.29 bits per heavy atom. The molecule has 1 saturated heterocycles. The molecule has 1 fully saturated rings. The summed E-state index contributed by atoms with van der Waals surface area (Å²) in [5, 5.41) is 3.52. The van der Waals surface area contributed by atoms with Crippen molar-refractivity contribution in [3.63, 3.8) is 0 Å². The number of piperidine rings is 1. The van der Waals surface area contributed by atoms with Crippen LogP contribution in [0.15, 0.2) is 42.1 Å². The van der Waals surface area contributed by atoms with E-state index in [0.29, 0.717) is 6.04 Å². The second kappa shape index (κ2) is 4.53. The molecule has 2 heteroatoms. The van der Waals surface area contributed by atoms with E-state index in [1.807, 2.05) is 0 Å². The fourth-order valence-corrected chi connectivity index (χ4v) is 3.06. The molecule has 0 radical (unpaired) electrons. The van der Waals surface area contributed by atoms with Gasteiger partial charge in [0, 0.05) is 25.0 Å². The number of fused-ring (bicyclic) bond motifs is 1. The van der Waals surface area contributed by atoms with E-state index in [2.05, 4.69) is 53.7 Å². The molecule has 2 aliphatic rings. The van der Waals surface area contributed by atoms with Crippen LogP contribution in [-0.2, 0) is 6.54 Å². The highest BCUT2D eigenvalue weighted by atomic mass is 15.2. The Kier molecular flexibility index (Phi) is 2.89. The van der Waals surface area contributed by atoms with E-state index in [9.17, 15) is 0 Å². The van der Waals surface area contributed by atoms with Crippen LogP contribution in [0.2, 0.25) is 0 Å². The molecule has 0 aromatic heterocycles. The highest BCUT2D eigenvalue weighted by Crippen LogP contribution is 2.29. The molecule has 17 heavy (non-hydrogen) atoms. The van der Waals surface area contributed by atoms with Crippen LogP contribution in [0.4, 0.5) is 0 Å². The summed E-state index contributed by atoms with van der Waals surface area (Å²) in [7, 11) is 0. The van der Waals surface area contributed by atoms with Crippen molar-refractivity contribution >= 4 is 0 Å². The lowest BCUT2D eigenvalue weighted by atomic mass is 9.89. The molecule has 1 aromatic carbocycles. The van der Waals surface area contributed by atoms with E-state index in [4.69, 9.17) is 0 Å². The number of nitrogens with zero attached hydrogens (tertiary/aromatic N) is 1. The van der Waals surface area contributed by atoms with Crippen molar-refractivity contribution in [3.05, 3.63) is 47.7 Å². The Balaban J connectivity index is 1.61. The first-order valence-electron chi connectivity index (χ1n) is 6.52. The van der Waals surface area contributed by atoms with E-state index in [0.717, 1.165) is 12.5 Å². The maximum Gasteiger partial charge on any atom is 0.0449 e. The molecule has 3 rings (SSSR count). The molecule has 2 nitrogen and oxygen atoms in total. The summed E-state index contributed by atoms with van der Waals surface area (Å²) in [5.74, 6) is 0.780. The highest BCUT2D eigenvalue weighted by molar-refractivity contribution is 5.17. The average Bonchev–Trinajstić information content (AvgIpc) is 2.72. The minimum absolute atomic E-state index is 0.646. The summed E-state index contributed by atoms with van der Waals surface area (Å²) in [6.45, 7) is 5.74. The first-order chi connectivity index (χ1) is 8.33. The largest absolute Gasteiger partial charge is 0.386 e. The van der Waals surface area contributed by atoms with Gasteiger partial charge in [0.05, 0.1) is 0 Å². The first kappa shape index (κ1) is 10.8. The van der Waals surface area contributed by atoms with Crippen LogP contribution in [-0.4, -0.2) is 24.0 Å². The Labute approximate surface area is 103 Å². The van der Waals surface area contributed by atoms with Gasteiger partial charge in [-0.25, -0.2) is 0 Å². The molecule has 90 valence electrons. The predicted molar refractivity (Wildman–Crippen MR) is 70.5 cm³/mol. The zero-order chi connectivity index (χ0) is 11.7. The van der Waals surface area contributed by atoms with E-state index in [1.54, 1.807) is 0 Å².